The van der Waals surface area contributed by atoms with Crippen molar-refractivity contribution in [3.63, 3.8) is 0 Å². The maximum Gasteiger partial charge on any atom is 0.323 e. The van der Waals surface area contributed by atoms with Gasteiger partial charge in [-0.25, -0.2) is 0 Å². The van der Waals surface area contributed by atoms with E-state index < -0.39 is 24.0 Å². The number of aromatic amines is 1. The Balaban J connectivity index is 1.83. The van der Waals surface area contributed by atoms with E-state index >= 15 is 0 Å². The molecule has 0 bridgehead atoms. The van der Waals surface area contributed by atoms with Gasteiger partial charge in [0.2, 0.25) is 0 Å². The maximum atomic E-state index is 12.9. The molecule has 26 heavy (non-hydrogen) atoms. The second-order valence-electron chi connectivity index (χ2n) is 6.58. The molecule has 1 amide bonds. The molecule has 1 aliphatic rings. The Morgan fingerprint density at radius 2 is 1.85 bits per heavy atom. The van der Waals surface area contributed by atoms with E-state index in [-0.39, 0.29) is 12.1 Å². The molecule has 6 heteroatoms. The average Bonchev–Trinajstić information content (AvgIpc) is 2.64. The Morgan fingerprint density at radius 1 is 1.12 bits per heavy atom. The van der Waals surface area contributed by atoms with Crippen LogP contribution in [-0.4, -0.2) is 40.0 Å². The van der Waals surface area contributed by atoms with Crippen molar-refractivity contribution >= 4 is 11.9 Å². The molecule has 1 aromatic heterocycles. The first-order chi connectivity index (χ1) is 12.5. The molecule has 1 heterocycles. The Hall–Kier alpha value is -2.89. The number of carbonyl (C=O) groups excluding carboxylic acids is 1. The molecular formula is C20H22N2O4. The summed E-state index contributed by atoms with van der Waals surface area (Å²) in [5.41, 5.74) is 2.48. The van der Waals surface area contributed by atoms with Crippen LogP contribution in [0.4, 0.5) is 0 Å². The SMILES string of the molecule is O=C(O)CN(CCc1ccccc1)C(=O)c1cc2c([nH]c1=O)CCCC2. The molecule has 0 fully saturated rings. The van der Waals surface area contributed by atoms with Crippen LogP contribution in [0.3, 0.4) is 0 Å². The molecule has 6 nitrogen and oxygen atoms in total. The minimum Gasteiger partial charge on any atom is -0.480 e. The van der Waals surface area contributed by atoms with Crippen LogP contribution < -0.4 is 5.56 Å². The molecule has 0 atom stereocenters. The number of aryl methyl sites for hydroxylation is 2. The predicted octanol–water partition coefficient (Wildman–Crippen LogP) is 2.02. The second-order valence-corrected chi connectivity index (χ2v) is 6.58. The normalized spacial score (nSPS) is 13.1. The number of nitrogens with one attached hydrogen (secondary N) is 1. The van der Waals surface area contributed by atoms with Crippen LogP contribution >= 0.6 is 0 Å². The lowest BCUT2D eigenvalue weighted by atomic mass is 9.95. The summed E-state index contributed by atoms with van der Waals surface area (Å²) in [6.07, 6.45) is 4.22. The molecule has 0 saturated heterocycles. The Labute approximate surface area is 151 Å². The molecule has 2 N–H and O–H groups in total. The van der Waals surface area contributed by atoms with E-state index in [2.05, 4.69) is 4.98 Å². The van der Waals surface area contributed by atoms with Crippen molar-refractivity contribution in [2.24, 2.45) is 0 Å². The van der Waals surface area contributed by atoms with Crippen LogP contribution in [0.1, 0.15) is 40.0 Å². The molecule has 0 unspecified atom stereocenters. The highest BCUT2D eigenvalue weighted by Crippen LogP contribution is 2.19. The standard InChI is InChI=1S/C20H22N2O4/c23-18(24)13-22(11-10-14-6-2-1-3-7-14)20(26)16-12-15-8-4-5-9-17(15)21-19(16)25/h1-3,6-7,12H,4-5,8-11,13H2,(H,21,25)(H,23,24). The lowest BCUT2D eigenvalue weighted by Crippen LogP contribution is -2.40. The molecular weight excluding hydrogens is 332 g/mol. The molecule has 1 aliphatic carbocycles. The minimum absolute atomic E-state index is 0.0277. The molecule has 0 aliphatic heterocycles. The van der Waals surface area contributed by atoms with Crippen LogP contribution in [0.25, 0.3) is 0 Å². The number of amides is 1. The van der Waals surface area contributed by atoms with Crippen LogP contribution in [0.2, 0.25) is 0 Å². The molecule has 0 radical (unpaired) electrons. The van der Waals surface area contributed by atoms with Crippen LogP contribution in [0, 0.1) is 0 Å². The number of hydrogen-bond acceptors (Lipinski definition) is 3. The number of fused-ring (bicyclic) bond motifs is 1. The number of H-pyrrole nitrogens is 1. The van der Waals surface area contributed by atoms with Crippen molar-refractivity contribution in [3.8, 4) is 0 Å². The summed E-state index contributed by atoms with van der Waals surface area (Å²) < 4.78 is 0. The van der Waals surface area contributed by atoms with Gasteiger partial charge in [-0.3, -0.25) is 14.4 Å². The maximum absolute atomic E-state index is 12.9. The highest BCUT2D eigenvalue weighted by atomic mass is 16.4. The highest BCUT2D eigenvalue weighted by Gasteiger charge is 2.23. The lowest BCUT2D eigenvalue weighted by molar-refractivity contribution is -0.137. The van der Waals surface area contributed by atoms with E-state index in [1.807, 2.05) is 30.3 Å². The first-order valence-corrected chi connectivity index (χ1v) is 8.84. The Morgan fingerprint density at radius 3 is 2.58 bits per heavy atom. The number of hydrogen-bond donors (Lipinski definition) is 2. The fourth-order valence-electron chi connectivity index (χ4n) is 3.33. The van der Waals surface area contributed by atoms with Crippen LogP contribution in [0.5, 0.6) is 0 Å². The van der Waals surface area contributed by atoms with Crippen molar-refractivity contribution in [3.05, 3.63) is 69.1 Å². The average molecular weight is 354 g/mol. The lowest BCUT2D eigenvalue weighted by Gasteiger charge is -2.22. The van der Waals surface area contributed by atoms with E-state index in [9.17, 15) is 14.4 Å². The van der Waals surface area contributed by atoms with E-state index in [1.54, 1.807) is 6.07 Å². The third kappa shape index (κ3) is 4.20. The zero-order valence-corrected chi connectivity index (χ0v) is 14.5. The number of aromatic nitrogens is 1. The summed E-state index contributed by atoms with van der Waals surface area (Å²) in [6.45, 7) is -0.187. The molecule has 136 valence electrons. The third-order valence-corrected chi connectivity index (χ3v) is 4.70. The van der Waals surface area contributed by atoms with Crippen molar-refractivity contribution < 1.29 is 14.7 Å². The van der Waals surface area contributed by atoms with E-state index in [0.29, 0.717) is 6.42 Å². The quantitative estimate of drug-likeness (QED) is 0.830. The number of pyridine rings is 1. The molecule has 1 aromatic carbocycles. The fraction of sp³-hybridized carbons (Fsp3) is 0.350. The number of rotatable bonds is 6. The van der Waals surface area contributed by atoms with Gasteiger partial charge in [-0.2, -0.15) is 0 Å². The summed E-state index contributed by atoms with van der Waals surface area (Å²) in [5, 5.41) is 9.16. The largest absolute Gasteiger partial charge is 0.480 e. The van der Waals surface area contributed by atoms with Gasteiger partial charge >= 0.3 is 5.97 Å². The second kappa shape index (κ2) is 7.99. The van der Waals surface area contributed by atoms with Gasteiger partial charge in [0.1, 0.15) is 12.1 Å². The Kier molecular flexibility index (Phi) is 5.51. The van der Waals surface area contributed by atoms with E-state index in [4.69, 9.17) is 5.11 Å². The molecule has 0 saturated carbocycles. The minimum atomic E-state index is -1.10. The molecule has 2 aromatic rings. The van der Waals surface area contributed by atoms with Crippen molar-refractivity contribution in [2.45, 2.75) is 32.1 Å². The van der Waals surface area contributed by atoms with Gasteiger partial charge in [0.05, 0.1) is 0 Å². The van der Waals surface area contributed by atoms with Crippen molar-refractivity contribution in [1.29, 1.82) is 0 Å². The number of aliphatic carboxylic acids is 1. The van der Waals surface area contributed by atoms with E-state index in [1.165, 1.54) is 4.90 Å². The van der Waals surface area contributed by atoms with Gasteiger partial charge in [0.15, 0.2) is 0 Å². The first-order valence-electron chi connectivity index (χ1n) is 8.84. The van der Waals surface area contributed by atoms with Gasteiger partial charge in [-0.15, -0.1) is 0 Å². The van der Waals surface area contributed by atoms with Gasteiger partial charge in [-0.1, -0.05) is 30.3 Å². The number of carboxylic acids is 1. The zero-order chi connectivity index (χ0) is 18.5. The zero-order valence-electron chi connectivity index (χ0n) is 14.5. The van der Waals surface area contributed by atoms with Gasteiger partial charge in [0.25, 0.3) is 11.5 Å². The van der Waals surface area contributed by atoms with Gasteiger partial charge < -0.3 is 15.0 Å². The van der Waals surface area contributed by atoms with Crippen molar-refractivity contribution in [2.75, 3.05) is 13.1 Å². The summed E-state index contributed by atoms with van der Waals surface area (Å²) in [5.74, 6) is -1.63. The van der Waals surface area contributed by atoms with Crippen LogP contribution in [0.15, 0.2) is 41.2 Å². The van der Waals surface area contributed by atoms with E-state index in [0.717, 1.165) is 42.5 Å². The summed E-state index contributed by atoms with van der Waals surface area (Å²) in [6, 6.07) is 11.2. The molecule has 0 spiro atoms. The summed E-state index contributed by atoms with van der Waals surface area (Å²) in [7, 11) is 0. The Bertz CT molecular complexity index is 858. The molecule has 3 rings (SSSR count). The van der Waals surface area contributed by atoms with Crippen molar-refractivity contribution in [1.82, 2.24) is 9.88 Å². The monoisotopic (exact) mass is 354 g/mol. The number of carboxylic acid groups (broad SMARTS) is 1. The number of benzene rings is 1. The topological polar surface area (TPSA) is 90.5 Å². The highest BCUT2D eigenvalue weighted by molar-refractivity contribution is 5.95. The van der Waals surface area contributed by atoms with Crippen LogP contribution in [-0.2, 0) is 24.1 Å². The number of nitrogens with zero attached hydrogens (tertiary/aromatic N) is 1. The predicted molar refractivity (Wildman–Crippen MR) is 97.4 cm³/mol. The third-order valence-electron chi connectivity index (χ3n) is 4.70. The first kappa shape index (κ1) is 17.9. The van der Waals surface area contributed by atoms with Gasteiger partial charge in [0, 0.05) is 12.2 Å². The summed E-state index contributed by atoms with van der Waals surface area (Å²) >= 11 is 0. The summed E-state index contributed by atoms with van der Waals surface area (Å²) in [4.78, 5) is 40.4. The number of carbonyl (C=O) groups is 2. The smallest absolute Gasteiger partial charge is 0.323 e. The van der Waals surface area contributed by atoms with Gasteiger partial charge in [-0.05, 0) is 49.3 Å². The fourth-order valence-corrected chi connectivity index (χ4v) is 3.33.